The summed E-state index contributed by atoms with van der Waals surface area (Å²) in [6.07, 6.45) is 8.87. The quantitative estimate of drug-likeness (QED) is 0.665. The lowest BCUT2D eigenvalue weighted by atomic mass is 9.78. The maximum atomic E-state index is 10.9. The largest absolute Gasteiger partial charge is 0.300 e. The van der Waals surface area contributed by atoms with E-state index in [1.54, 1.807) is 6.92 Å². The molecular formula is C14H28O. The van der Waals surface area contributed by atoms with Gasteiger partial charge in [-0.1, -0.05) is 46.5 Å². The molecule has 0 bridgehead atoms. The number of hydrogen-bond donors (Lipinski definition) is 0. The Labute approximate surface area is 95.6 Å². The predicted octanol–water partition coefficient (Wildman–Crippen LogP) is 4.60. The van der Waals surface area contributed by atoms with E-state index < -0.39 is 0 Å². The Bertz CT molecular complexity index is 155. The molecule has 0 saturated heterocycles. The van der Waals surface area contributed by atoms with Crippen LogP contribution in [-0.2, 0) is 4.79 Å². The highest BCUT2D eigenvalue weighted by Crippen LogP contribution is 2.33. The van der Waals surface area contributed by atoms with Crippen LogP contribution in [0, 0.1) is 11.8 Å². The lowest BCUT2D eigenvalue weighted by Crippen LogP contribution is -2.16. The fourth-order valence-electron chi connectivity index (χ4n) is 2.54. The van der Waals surface area contributed by atoms with Gasteiger partial charge in [0.2, 0.25) is 0 Å². The van der Waals surface area contributed by atoms with Crippen LogP contribution in [0.1, 0.15) is 72.6 Å². The number of carbonyl (C=O) groups is 1. The third-order valence-electron chi connectivity index (χ3n) is 3.24. The number of rotatable bonds is 4. The molecule has 0 aromatic rings. The average molecular weight is 212 g/mol. The summed E-state index contributed by atoms with van der Waals surface area (Å²) in [7, 11) is 0. The maximum Gasteiger partial charge on any atom is 0.130 e. The zero-order chi connectivity index (χ0) is 11.7. The maximum absolute atomic E-state index is 10.9. The Morgan fingerprint density at radius 2 is 1.53 bits per heavy atom. The molecule has 0 radical (unpaired) electrons. The van der Waals surface area contributed by atoms with Crippen LogP contribution in [0.25, 0.3) is 0 Å². The number of carbonyl (C=O) groups excluding carboxylic acids is 1. The zero-order valence-corrected chi connectivity index (χ0v) is 11.0. The van der Waals surface area contributed by atoms with Gasteiger partial charge in [0, 0.05) is 6.42 Å². The van der Waals surface area contributed by atoms with E-state index in [4.69, 9.17) is 0 Å². The molecule has 1 saturated carbocycles. The van der Waals surface area contributed by atoms with Crippen LogP contribution in [0.15, 0.2) is 0 Å². The van der Waals surface area contributed by atoms with Crippen LogP contribution in [0.5, 0.6) is 0 Å². The van der Waals surface area contributed by atoms with E-state index >= 15 is 0 Å². The van der Waals surface area contributed by atoms with E-state index in [0.717, 1.165) is 12.3 Å². The van der Waals surface area contributed by atoms with Crippen molar-refractivity contribution >= 4 is 5.78 Å². The van der Waals surface area contributed by atoms with Crippen LogP contribution in [-0.4, -0.2) is 5.78 Å². The van der Waals surface area contributed by atoms with E-state index in [0.29, 0.717) is 11.7 Å². The molecule has 15 heavy (non-hydrogen) atoms. The first kappa shape index (κ1) is 14.7. The highest BCUT2D eigenvalue weighted by atomic mass is 16.1. The van der Waals surface area contributed by atoms with Crippen molar-refractivity contribution in [2.75, 3.05) is 0 Å². The van der Waals surface area contributed by atoms with E-state index in [9.17, 15) is 4.79 Å². The lowest BCUT2D eigenvalue weighted by molar-refractivity contribution is -0.118. The minimum atomic E-state index is 0.374. The van der Waals surface area contributed by atoms with Gasteiger partial charge < -0.3 is 4.79 Å². The molecule has 1 heteroatoms. The number of Topliss-reactive ketones (excluding diaryl/α,β-unsaturated/α-hetero) is 1. The number of ketones is 1. The summed E-state index contributed by atoms with van der Waals surface area (Å²) in [6.45, 7) is 7.99. The van der Waals surface area contributed by atoms with Crippen molar-refractivity contribution in [1.29, 1.82) is 0 Å². The summed E-state index contributed by atoms with van der Waals surface area (Å²) in [5.74, 6) is 2.05. The molecule has 1 aliphatic rings. The summed E-state index contributed by atoms with van der Waals surface area (Å²) in [5, 5.41) is 0. The van der Waals surface area contributed by atoms with Gasteiger partial charge in [-0.2, -0.15) is 0 Å². The lowest BCUT2D eigenvalue weighted by Gasteiger charge is -2.27. The molecule has 1 nitrogen and oxygen atoms in total. The molecule has 0 aliphatic heterocycles. The Kier molecular flexibility index (Phi) is 8.74. The predicted molar refractivity (Wildman–Crippen MR) is 67.0 cm³/mol. The molecule has 0 aromatic carbocycles. The number of hydrogen-bond acceptors (Lipinski definition) is 1. The summed E-state index contributed by atoms with van der Waals surface area (Å²) in [4.78, 5) is 10.9. The van der Waals surface area contributed by atoms with Crippen LogP contribution in [0.3, 0.4) is 0 Å². The first-order chi connectivity index (χ1) is 7.22. The Morgan fingerprint density at radius 1 is 1.07 bits per heavy atom. The summed E-state index contributed by atoms with van der Waals surface area (Å²) in [5.41, 5.74) is 0. The molecule has 0 aromatic heterocycles. The normalized spacial score (nSPS) is 25.3. The first-order valence-electron chi connectivity index (χ1n) is 6.71. The second-order valence-electron chi connectivity index (χ2n) is 4.58. The third-order valence-corrected chi connectivity index (χ3v) is 3.24. The Hall–Kier alpha value is -0.330. The zero-order valence-electron chi connectivity index (χ0n) is 11.0. The minimum Gasteiger partial charge on any atom is -0.300 e. The molecule has 0 unspecified atom stereocenters. The van der Waals surface area contributed by atoms with Gasteiger partial charge >= 0.3 is 0 Å². The standard InChI is InChI=1S/C12H22O.C2H6/c1-3-4-11-5-7-12(8-6-11)9-10(2)13;1-2/h11-12H,3-9H2,1-2H3;1-2H3. The van der Waals surface area contributed by atoms with Crippen molar-refractivity contribution in [1.82, 2.24) is 0 Å². The molecule has 1 aliphatic carbocycles. The molecule has 0 N–H and O–H groups in total. The molecule has 1 rings (SSSR count). The van der Waals surface area contributed by atoms with Crippen LogP contribution >= 0.6 is 0 Å². The van der Waals surface area contributed by atoms with Crippen LogP contribution in [0.4, 0.5) is 0 Å². The highest BCUT2D eigenvalue weighted by molar-refractivity contribution is 5.75. The first-order valence-corrected chi connectivity index (χ1v) is 6.71. The van der Waals surface area contributed by atoms with E-state index in [-0.39, 0.29) is 0 Å². The van der Waals surface area contributed by atoms with Gasteiger partial charge in [-0.25, -0.2) is 0 Å². The van der Waals surface area contributed by atoms with Gasteiger partial charge in [0.25, 0.3) is 0 Å². The van der Waals surface area contributed by atoms with Crippen molar-refractivity contribution < 1.29 is 4.79 Å². The van der Waals surface area contributed by atoms with E-state index in [1.807, 2.05) is 13.8 Å². The van der Waals surface area contributed by atoms with Crippen molar-refractivity contribution in [2.45, 2.75) is 72.6 Å². The summed E-state index contributed by atoms with van der Waals surface area (Å²) >= 11 is 0. The van der Waals surface area contributed by atoms with Crippen molar-refractivity contribution in [3.8, 4) is 0 Å². The monoisotopic (exact) mass is 212 g/mol. The second-order valence-corrected chi connectivity index (χ2v) is 4.58. The fraction of sp³-hybridized carbons (Fsp3) is 0.929. The van der Waals surface area contributed by atoms with Crippen molar-refractivity contribution in [3.63, 3.8) is 0 Å². The van der Waals surface area contributed by atoms with Gasteiger partial charge in [0.1, 0.15) is 5.78 Å². The van der Waals surface area contributed by atoms with Crippen LogP contribution in [0.2, 0.25) is 0 Å². The molecular weight excluding hydrogens is 184 g/mol. The molecule has 90 valence electrons. The molecule has 0 atom stereocenters. The van der Waals surface area contributed by atoms with Crippen molar-refractivity contribution in [2.24, 2.45) is 11.8 Å². The van der Waals surface area contributed by atoms with Gasteiger partial charge in [-0.15, -0.1) is 0 Å². The third kappa shape index (κ3) is 6.70. The smallest absolute Gasteiger partial charge is 0.130 e. The molecule has 0 amide bonds. The Balaban J connectivity index is 0.000000921. The topological polar surface area (TPSA) is 17.1 Å². The van der Waals surface area contributed by atoms with E-state index in [2.05, 4.69) is 6.92 Å². The summed E-state index contributed by atoms with van der Waals surface area (Å²) in [6, 6.07) is 0. The molecule has 0 spiro atoms. The van der Waals surface area contributed by atoms with Gasteiger partial charge in [0.15, 0.2) is 0 Å². The summed E-state index contributed by atoms with van der Waals surface area (Å²) < 4.78 is 0. The molecule has 0 heterocycles. The van der Waals surface area contributed by atoms with Gasteiger partial charge in [0.05, 0.1) is 0 Å². The SMILES string of the molecule is CC.CCCC1CCC(CC(C)=O)CC1. The van der Waals surface area contributed by atoms with Gasteiger partial charge in [-0.05, 0) is 31.6 Å². The fourth-order valence-corrected chi connectivity index (χ4v) is 2.54. The van der Waals surface area contributed by atoms with E-state index in [1.165, 1.54) is 38.5 Å². The molecule has 1 fully saturated rings. The van der Waals surface area contributed by atoms with Gasteiger partial charge in [-0.3, -0.25) is 0 Å². The van der Waals surface area contributed by atoms with Crippen LogP contribution < -0.4 is 0 Å². The highest BCUT2D eigenvalue weighted by Gasteiger charge is 2.21. The second kappa shape index (κ2) is 8.94. The van der Waals surface area contributed by atoms with Crippen molar-refractivity contribution in [3.05, 3.63) is 0 Å². The minimum absolute atomic E-state index is 0.374. The Morgan fingerprint density at radius 3 is 1.93 bits per heavy atom. The average Bonchev–Trinajstić information content (AvgIpc) is 2.24.